The van der Waals surface area contributed by atoms with E-state index in [9.17, 15) is 4.79 Å². The van der Waals surface area contributed by atoms with E-state index in [-0.39, 0.29) is 0 Å². The van der Waals surface area contributed by atoms with E-state index in [0.717, 1.165) is 23.5 Å². The first-order valence-electron chi connectivity index (χ1n) is 6.52. The lowest BCUT2D eigenvalue weighted by atomic mass is 9.95. The Morgan fingerprint density at radius 2 is 2.33 bits per heavy atom. The van der Waals surface area contributed by atoms with E-state index in [0.29, 0.717) is 29.6 Å². The van der Waals surface area contributed by atoms with Crippen LogP contribution in [-0.2, 0) is 11.3 Å². The van der Waals surface area contributed by atoms with Gasteiger partial charge in [-0.2, -0.15) is 0 Å². The van der Waals surface area contributed by atoms with E-state index in [1.807, 2.05) is 19.1 Å². The van der Waals surface area contributed by atoms with Crippen molar-refractivity contribution in [1.82, 2.24) is 5.32 Å². The third-order valence-corrected chi connectivity index (χ3v) is 4.58. The van der Waals surface area contributed by atoms with Crippen molar-refractivity contribution in [3.05, 3.63) is 35.4 Å². The summed E-state index contributed by atoms with van der Waals surface area (Å²) in [6, 6.07) is 3.81. The average molecular weight is 245 g/mol. The Kier molecular flexibility index (Phi) is 2.40. The van der Waals surface area contributed by atoms with Crippen LogP contribution in [0.25, 0.3) is 0 Å². The number of allylic oxidation sites excluding steroid dienone is 2. The van der Waals surface area contributed by atoms with Crippen LogP contribution in [0.4, 0.5) is 0 Å². The molecule has 2 fully saturated rings. The van der Waals surface area contributed by atoms with Crippen molar-refractivity contribution >= 4 is 5.78 Å². The Morgan fingerprint density at radius 3 is 2.94 bits per heavy atom. The highest BCUT2D eigenvalue weighted by molar-refractivity contribution is 6.01. The summed E-state index contributed by atoms with van der Waals surface area (Å²) in [5, 5.41) is 3.32. The minimum atomic E-state index is 0.316. The summed E-state index contributed by atoms with van der Waals surface area (Å²) >= 11 is 0. The number of Topliss-reactive ketones (excluding diaryl/α,β-unsaturated/α-hetero) is 1. The van der Waals surface area contributed by atoms with Gasteiger partial charge in [-0.3, -0.25) is 4.79 Å². The molecule has 18 heavy (non-hydrogen) atoms. The molecule has 2 aliphatic carbocycles. The first-order valence-corrected chi connectivity index (χ1v) is 6.52. The van der Waals surface area contributed by atoms with Crippen molar-refractivity contribution in [3.63, 3.8) is 0 Å². The molecular weight excluding hydrogens is 226 g/mol. The van der Waals surface area contributed by atoms with Gasteiger partial charge in [0.25, 0.3) is 0 Å². The fourth-order valence-electron chi connectivity index (χ4n) is 3.35. The van der Waals surface area contributed by atoms with Gasteiger partial charge in [-0.25, -0.2) is 0 Å². The second kappa shape index (κ2) is 3.74. The van der Waals surface area contributed by atoms with Gasteiger partial charge in [-0.05, 0) is 36.3 Å². The number of ketones is 1. The maximum Gasteiger partial charge on any atom is 0.161 e. The van der Waals surface area contributed by atoms with E-state index < -0.39 is 0 Å². The number of carbonyl (C=O) groups excluding carboxylic acids is 1. The Hall–Kier alpha value is -1.51. The number of nitrogens with one attached hydrogen (secondary N) is 1. The summed E-state index contributed by atoms with van der Waals surface area (Å²) in [5.41, 5.74) is 2.36. The molecule has 1 heterocycles. The summed E-state index contributed by atoms with van der Waals surface area (Å²) in [7, 11) is 0. The van der Waals surface area contributed by atoms with Gasteiger partial charge in [-0.15, -0.1) is 0 Å². The zero-order valence-corrected chi connectivity index (χ0v) is 11.1. The lowest BCUT2D eigenvalue weighted by Crippen LogP contribution is -2.17. The van der Waals surface area contributed by atoms with Crippen molar-refractivity contribution in [2.75, 3.05) is 0 Å². The zero-order chi connectivity index (χ0) is 12.9. The maximum absolute atomic E-state index is 12.0. The Labute approximate surface area is 107 Å². The zero-order valence-electron chi connectivity index (χ0n) is 11.1. The molecule has 0 saturated heterocycles. The molecule has 0 spiro atoms. The molecule has 2 saturated carbocycles. The Balaban J connectivity index is 1.75. The third-order valence-electron chi connectivity index (χ3n) is 4.58. The van der Waals surface area contributed by atoms with Crippen LogP contribution in [0, 0.1) is 17.3 Å². The van der Waals surface area contributed by atoms with Crippen LogP contribution in [0.2, 0.25) is 0 Å². The predicted molar refractivity (Wildman–Crippen MR) is 68.6 cm³/mol. The summed E-state index contributed by atoms with van der Waals surface area (Å²) in [5.74, 6) is 2.26. The molecule has 1 aromatic rings. The molecule has 0 bridgehead atoms. The van der Waals surface area contributed by atoms with E-state index in [4.69, 9.17) is 4.42 Å². The van der Waals surface area contributed by atoms with Gasteiger partial charge in [0.05, 0.1) is 12.8 Å². The first-order chi connectivity index (χ1) is 8.51. The first kappa shape index (κ1) is 11.6. The van der Waals surface area contributed by atoms with Gasteiger partial charge >= 0.3 is 0 Å². The number of hydrogen-bond donors (Lipinski definition) is 1. The molecule has 0 aliphatic heterocycles. The largest absolute Gasteiger partial charge is 0.467 e. The Morgan fingerprint density at radius 1 is 1.56 bits per heavy atom. The molecule has 2 atom stereocenters. The molecule has 3 nitrogen and oxygen atoms in total. The van der Waals surface area contributed by atoms with Crippen molar-refractivity contribution in [1.29, 1.82) is 0 Å². The molecule has 1 N–H and O–H groups in total. The van der Waals surface area contributed by atoms with Crippen molar-refractivity contribution in [2.24, 2.45) is 17.3 Å². The quantitative estimate of drug-likeness (QED) is 0.833. The van der Waals surface area contributed by atoms with Gasteiger partial charge in [0, 0.05) is 17.7 Å². The van der Waals surface area contributed by atoms with Crippen LogP contribution in [0.15, 0.2) is 34.1 Å². The monoisotopic (exact) mass is 245 g/mol. The number of furan rings is 1. The fraction of sp³-hybridized carbons (Fsp3) is 0.533. The van der Waals surface area contributed by atoms with Crippen LogP contribution in [0.5, 0.6) is 0 Å². The maximum atomic E-state index is 12.0. The molecule has 2 aliphatic rings. The highest BCUT2D eigenvalue weighted by atomic mass is 16.3. The summed E-state index contributed by atoms with van der Waals surface area (Å²) in [6.45, 7) is 7.17. The predicted octanol–water partition coefficient (Wildman–Crippen LogP) is 2.89. The minimum absolute atomic E-state index is 0.316. The number of hydrogen-bond acceptors (Lipinski definition) is 3. The second-order valence-corrected chi connectivity index (χ2v) is 6.00. The summed E-state index contributed by atoms with van der Waals surface area (Å²) < 4.78 is 5.28. The second-order valence-electron chi connectivity index (χ2n) is 6.00. The van der Waals surface area contributed by atoms with E-state index in [1.165, 1.54) is 0 Å². The van der Waals surface area contributed by atoms with Crippen LogP contribution in [-0.4, -0.2) is 5.78 Å². The molecule has 3 rings (SSSR count). The minimum Gasteiger partial charge on any atom is -0.467 e. The van der Waals surface area contributed by atoms with Gasteiger partial charge < -0.3 is 9.73 Å². The lowest BCUT2D eigenvalue weighted by molar-refractivity contribution is -0.115. The van der Waals surface area contributed by atoms with Gasteiger partial charge in [-0.1, -0.05) is 13.8 Å². The van der Waals surface area contributed by atoms with Crippen LogP contribution in [0.3, 0.4) is 0 Å². The highest BCUT2D eigenvalue weighted by Gasteiger charge is 2.65. The summed E-state index contributed by atoms with van der Waals surface area (Å²) in [4.78, 5) is 12.0. The van der Waals surface area contributed by atoms with Crippen LogP contribution in [0.1, 0.15) is 33.0 Å². The van der Waals surface area contributed by atoms with Gasteiger partial charge in [0.15, 0.2) is 5.78 Å². The molecule has 0 radical (unpaired) electrons. The highest BCUT2D eigenvalue weighted by Crippen LogP contribution is 2.68. The lowest BCUT2D eigenvalue weighted by Gasteiger charge is -2.13. The smallest absolute Gasteiger partial charge is 0.161 e. The van der Waals surface area contributed by atoms with Crippen LogP contribution >= 0.6 is 0 Å². The number of fused-ring (bicyclic) bond motifs is 1. The van der Waals surface area contributed by atoms with Crippen LogP contribution < -0.4 is 5.32 Å². The average Bonchev–Trinajstić information content (AvgIpc) is 2.79. The fourth-order valence-corrected chi connectivity index (χ4v) is 3.35. The topological polar surface area (TPSA) is 42.2 Å². The van der Waals surface area contributed by atoms with Gasteiger partial charge in [0.2, 0.25) is 0 Å². The van der Waals surface area contributed by atoms with E-state index in [2.05, 4.69) is 19.2 Å². The van der Waals surface area contributed by atoms with Crippen molar-refractivity contribution in [2.45, 2.75) is 33.7 Å². The molecule has 0 aromatic carbocycles. The molecule has 0 unspecified atom stereocenters. The Bertz CT molecular complexity index is 511. The van der Waals surface area contributed by atoms with Crippen molar-refractivity contribution in [3.8, 4) is 0 Å². The van der Waals surface area contributed by atoms with Gasteiger partial charge in [0.1, 0.15) is 5.76 Å². The standard InChI is InChI=1S/C15H19NO2/c1-9(16-8-10-5-4-6-18-10)13-12(17)7-11-14(13)15(11,2)3/h4-6,11,14,16H,7-8H2,1-3H3/t11-,14+/m1/s1. The molecule has 0 amide bonds. The summed E-state index contributed by atoms with van der Waals surface area (Å²) in [6.07, 6.45) is 2.40. The van der Waals surface area contributed by atoms with Crippen molar-refractivity contribution < 1.29 is 9.21 Å². The molecule has 3 heteroatoms. The normalized spacial score (nSPS) is 31.2. The molecule has 96 valence electrons. The molecule has 1 aromatic heterocycles. The number of carbonyl (C=O) groups is 1. The number of rotatable bonds is 3. The SMILES string of the molecule is CC(NCc1ccco1)=C1C(=O)C[C@@H]2[C@@H]1C2(C)C. The third kappa shape index (κ3) is 1.61. The van der Waals surface area contributed by atoms with E-state index in [1.54, 1.807) is 6.26 Å². The molecular formula is C15H19NO2. The van der Waals surface area contributed by atoms with E-state index >= 15 is 0 Å².